The van der Waals surface area contributed by atoms with Gasteiger partial charge in [0, 0.05) is 12.6 Å². The van der Waals surface area contributed by atoms with Crippen molar-refractivity contribution >= 4 is 16.8 Å². The lowest BCUT2D eigenvalue weighted by molar-refractivity contribution is -0.170. The van der Waals surface area contributed by atoms with Crippen molar-refractivity contribution in [1.29, 1.82) is 0 Å². The summed E-state index contributed by atoms with van der Waals surface area (Å²) < 4.78 is 44.0. The molecule has 7 heteroatoms. The zero-order chi connectivity index (χ0) is 15.6. The molecule has 0 unspecified atom stereocenters. The maximum absolute atomic E-state index is 12.4. The molecule has 0 aliphatic rings. The van der Waals surface area contributed by atoms with E-state index in [1.807, 2.05) is 6.92 Å². The summed E-state index contributed by atoms with van der Waals surface area (Å²) in [4.78, 5) is 15.3. The molecule has 4 nitrogen and oxygen atoms in total. The molecule has 0 bridgehead atoms. The molecule has 0 aliphatic carbocycles. The normalized spacial score (nSPS) is 11.9. The number of rotatable bonds is 5. The second-order valence-electron chi connectivity index (χ2n) is 4.63. The summed E-state index contributed by atoms with van der Waals surface area (Å²) in [5.74, 6) is -1.10. The third kappa shape index (κ3) is 3.17. The van der Waals surface area contributed by atoms with Crippen molar-refractivity contribution < 1.29 is 22.7 Å². The number of carbonyl (C=O) groups excluding carboxylic acids is 1. The lowest BCUT2D eigenvalue weighted by Gasteiger charge is -2.08. The van der Waals surface area contributed by atoms with E-state index in [0.29, 0.717) is 23.3 Å². The molecule has 0 fully saturated rings. The van der Waals surface area contributed by atoms with Crippen LogP contribution in [0.1, 0.15) is 19.2 Å². The number of alkyl halides is 3. The summed E-state index contributed by atoms with van der Waals surface area (Å²) in [6, 6.07) is 5.09. The fourth-order valence-corrected chi connectivity index (χ4v) is 2.14. The summed E-state index contributed by atoms with van der Waals surface area (Å²) in [6.45, 7) is 2.41. The Bertz CT molecular complexity index is 662. The molecule has 2 rings (SSSR count). The number of ketones is 1. The van der Waals surface area contributed by atoms with Gasteiger partial charge in [0.25, 0.3) is 0 Å². The van der Waals surface area contributed by atoms with Crippen LogP contribution in [0.4, 0.5) is 13.2 Å². The molecular formula is C14H15F3N2O2. The van der Waals surface area contributed by atoms with Gasteiger partial charge in [-0.05, 0) is 18.6 Å². The molecule has 0 spiro atoms. The molecule has 114 valence electrons. The van der Waals surface area contributed by atoms with E-state index in [9.17, 15) is 18.0 Å². The number of nitrogens with zero attached hydrogens (tertiary/aromatic N) is 2. The molecule has 0 saturated carbocycles. The number of methoxy groups -OCH3 is 1. The Balaban J connectivity index is 2.46. The number of hydrogen-bond acceptors (Lipinski definition) is 3. The van der Waals surface area contributed by atoms with E-state index in [2.05, 4.69) is 4.98 Å². The van der Waals surface area contributed by atoms with Crippen LogP contribution in [0.5, 0.6) is 5.75 Å². The predicted octanol–water partition coefficient (Wildman–Crippen LogP) is 3.13. The Morgan fingerprint density at radius 3 is 2.67 bits per heavy atom. The van der Waals surface area contributed by atoms with Gasteiger partial charge in [-0.15, -0.1) is 0 Å². The van der Waals surface area contributed by atoms with Crippen LogP contribution < -0.4 is 4.74 Å². The summed E-state index contributed by atoms with van der Waals surface area (Å²) in [7, 11) is 1.50. The molecule has 2 aromatic rings. The molecule has 0 atom stereocenters. The van der Waals surface area contributed by atoms with Crippen molar-refractivity contribution in [2.24, 2.45) is 0 Å². The molecule has 1 heterocycles. The first-order valence-corrected chi connectivity index (χ1v) is 6.50. The minimum absolute atomic E-state index is 0.127. The van der Waals surface area contributed by atoms with Crippen molar-refractivity contribution in [1.82, 2.24) is 9.55 Å². The summed E-state index contributed by atoms with van der Waals surface area (Å²) in [5.41, 5.74) is 1.22. The molecular weight excluding hydrogens is 285 g/mol. The van der Waals surface area contributed by atoms with Crippen LogP contribution in [0.2, 0.25) is 0 Å². The standard InChI is InChI=1S/C14H15F3N2O2/c1-3-6-19-11-5-4-9(21-2)7-10(11)18-13(19)8-12(20)14(15,16)17/h4-5,7H,3,6,8H2,1-2H3. The Morgan fingerprint density at radius 2 is 2.10 bits per heavy atom. The van der Waals surface area contributed by atoms with Gasteiger partial charge >= 0.3 is 6.18 Å². The first kappa shape index (κ1) is 15.3. The number of fused-ring (bicyclic) bond motifs is 1. The summed E-state index contributed by atoms with van der Waals surface area (Å²) in [5, 5.41) is 0. The quantitative estimate of drug-likeness (QED) is 0.852. The lowest BCUT2D eigenvalue weighted by Crippen LogP contribution is -2.26. The average Bonchev–Trinajstić information content (AvgIpc) is 2.75. The number of Topliss-reactive ketones (excluding diaryl/α,β-unsaturated/α-hetero) is 1. The van der Waals surface area contributed by atoms with Crippen molar-refractivity contribution in [2.75, 3.05) is 7.11 Å². The fourth-order valence-electron chi connectivity index (χ4n) is 2.14. The SMILES string of the molecule is CCCn1c(CC(=O)C(F)(F)F)nc2cc(OC)ccc21. The number of aryl methyl sites for hydroxylation is 1. The molecule has 1 aromatic heterocycles. The third-order valence-corrected chi connectivity index (χ3v) is 3.12. The zero-order valence-electron chi connectivity index (χ0n) is 11.7. The lowest BCUT2D eigenvalue weighted by atomic mass is 10.2. The van der Waals surface area contributed by atoms with E-state index in [4.69, 9.17) is 4.74 Å². The molecule has 1 aromatic carbocycles. The van der Waals surface area contributed by atoms with Gasteiger partial charge in [-0.1, -0.05) is 6.92 Å². The van der Waals surface area contributed by atoms with Gasteiger partial charge in [0.1, 0.15) is 11.6 Å². The highest BCUT2D eigenvalue weighted by atomic mass is 19.4. The molecule has 0 aliphatic heterocycles. The maximum atomic E-state index is 12.4. The molecule has 0 radical (unpaired) electrons. The predicted molar refractivity (Wildman–Crippen MR) is 71.3 cm³/mol. The summed E-state index contributed by atoms with van der Waals surface area (Å²) in [6.07, 6.45) is -4.86. The Kier molecular flexibility index (Phi) is 4.20. The van der Waals surface area contributed by atoms with Gasteiger partial charge in [0.2, 0.25) is 5.78 Å². The van der Waals surface area contributed by atoms with Crippen LogP contribution in [0, 0.1) is 0 Å². The maximum Gasteiger partial charge on any atom is 0.450 e. The highest BCUT2D eigenvalue weighted by Crippen LogP contribution is 2.24. The van der Waals surface area contributed by atoms with E-state index in [-0.39, 0.29) is 5.82 Å². The van der Waals surface area contributed by atoms with Crippen LogP contribution in [-0.4, -0.2) is 28.6 Å². The van der Waals surface area contributed by atoms with Gasteiger partial charge in [-0.2, -0.15) is 13.2 Å². The van der Waals surface area contributed by atoms with Crippen molar-refractivity contribution in [2.45, 2.75) is 32.5 Å². The third-order valence-electron chi connectivity index (χ3n) is 3.12. The molecule has 0 amide bonds. The van der Waals surface area contributed by atoms with Crippen LogP contribution in [-0.2, 0) is 17.8 Å². The number of aromatic nitrogens is 2. The summed E-state index contributed by atoms with van der Waals surface area (Å²) >= 11 is 0. The highest BCUT2D eigenvalue weighted by molar-refractivity contribution is 5.87. The van der Waals surface area contributed by atoms with E-state index in [0.717, 1.165) is 6.42 Å². The Hall–Kier alpha value is -2.05. The number of imidazole rings is 1. The first-order chi connectivity index (χ1) is 9.86. The van der Waals surface area contributed by atoms with Crippen LogP contribution >= 0.6 is 0 Å². The van der Waals surface area contributed by atoms with Gasteiger partial charge in [0.15, 0.2) is 0 Å². The number of benzene rings is 1. The van der Waals surface area contributed by atoms with Gasteiger partial charge in [0.05, 0.1) is 24.6 Å². The minimum atomic E-state index is -4.84. The number of hydrogen-bond donors (Lipinski definition) is 0. The zero-order valence-corrected chi connectivity index (χ0v) is 11.7. The van der Waals surface area contributed by atoms with E-state index < -0.39 is 18.4 Å². The number of ether oxygens (including phenoxy) is 1. The Morgan fingerprint density at radius 1 is 1.38 bits per heavy atom. The van der Waals surface area contributed by atoms with Crippen molar-refractivity contribution in [3.63, 3.8) is 0 Å². The van der Waals surface area contributed by atoms with Gasteiger partial charge in [-0.3, -0.25) is 4.79 Å². The van der Waals surface area contributed by atoms with Crippen molar-refractivity contribution in [3.8, 4) is 5.75 Å². The fraction of sp³-hybridized carbons (Fsp3) is 0.429. The van der Waals surface area contributed by atoms with Crippen LogP contribution in [0.25, 0.3) is 11.0 Å². The average molecular weight is 300 g/mol. The number of halogens is 3. The Labute approximate surface area is 119 Å². The first-order valence-electron chi connectivity index (χ1n) is 6.50. The molecule has 0 N–H and O–H groups in total. The minimum Gasteiger partial charge on any atom is -0.497 e. The smallest absolute Gasteiger partial charge is 0.450 e. The highest BCUT2D eigenvalue weighted by Gasteiger charge is 2.38. The van der Waals surface area contributed by atoms with Gasteiger partial charge < -0.3 is 9.30 Å². The number of carbonyl (C=O) groups is 1. The van der Waals surface area contributed by atoms with E-state index >= 15 is 0 Å². The second-order valence-corrected chi connectivity index (χ2v) is 4.63. The monoisotopic (exact) mass is 300 g/mol. The van der Waals surface area contributed by atoms with Crippen molar-refractivity contribution in [3.05, 3.63) is 24.0 Å². The topological polar surface area (TPSA) is 44.1 Å². The largest absolute Gasteiger partial charge is 0.497 e. The second kappa shape index (κ2) is 5.75. The molecule has 0 saturated heterocycles. The van der Waals surface area contributed by atoms with Gasteiger partial charge in [-0.25, -0.2) is 4.98 Å². The van der Waals surface area contributed by atoms with E-state index in [1.165, 1.54) is 7.11 Å². The molecule has 21 heavy (non-hydrogen) atoms. The van der Waals surface area contributed by atoms with Crippen LogP contribution in [0.15, 0.2) is 18.2 Å². The van der Waals surface area contributed by atoms with E-state index in [1.54, 1.807) is 22.8 Å². The van der Waals surface area contributed by atoms with Crippen LogP contribution in [0.3, 0.4) is 0 Å².